The van der Waals surface area contributed by atoms with E-state index in [1.165, 1.54) is 0 Å². The van der Waals surface area contributed by atoms with E-state index in [1.54, 1.807) is 24.5 Å². The van der Waals surface area contributed by atoms with Crippen molar-refractivity contribution in [1.29, 1.82) is 0 Å². The Kier molecular flexibility index (Phi) is 4.01. The number of rotatable bonds is 3. The molecule has 2 aromatic heterocycles. The Hall–Kier alpha value is -3.22. The number of anilines is 1. The first-order valence-corrected chi connectivity index (χ1v) is 7.07. The zero-order chi connectivity index (χ0) is 16.2. The van der Waals surface area contributed by atoms with Crippen LogP contribution < -0.4 is 10.6 Å². The maximum atomic E-state index is 12.0. The van der Waals surface area contributed by atoms with Gasteiger partial charge in [-0.25, -0.2) is 0 Å². The summed E-state index contributed by atoms with van der Waals surface area (Å²) in [5.74, 6) is -1.44. The fourth-order valence-corrected chi connectivity index (χ4v) is 2.19. The minimum Gasteiger partial charge on any atom is -0.344 e. The maximum absolute atomic E-state index is 12.0. The third-order valence-corrected chi connectivity index (χ3v) is 3.46. The topological polar surface area (TPSA) is 99.8 Å². The molecule has 0 saturated carbocycles. The number of carbonyl (C=O) groups is 2. The van der Waals surface area contributed by atoms with Gasteiger partial charge in [-0.15, -0.1) is 0 Å². The minimum atomic E-state index is -0.732. The molecule has 0 aliphatic rings. The van der Waals surface area contributed by atoms with Gasteiger partial charge in [0.25, 0.3) is 0 Å². The molecule has 3 rings (SSSR count). The van der Waals surface area contributed by atoms with Gasteiger partial charge in [-0.3, -0.25) is 19.7 Å². The van der Waals surface area contributed by atoms with E-state index in [0.29, 0.717) is 11.2 Å². The summed E-state index contributed by atoms with van der Waals surface area (Å²) in [6.07, 6.45) is 3.25. The Morgan fingerprint density at radius 3 is 2.78 bits per heavy atom. The molecule has 23 heavy (non-hydrogen) atoms. The number of benzene rings is 1. The summed E-state index contributed by atoms with van der Waals surface area (Å²) in [4.78, 5) is 28.2. The van der Waals surface area contributed by atoms with Crippen molar-refractivity contribution < 1.29 is 9.59 Å². The molecule has 7 heteroatoms. The smallest absolute Gasteiger partial charge is 0.313 e. The van der Waals surface area contributed by atoms with Crippen molar-refractivity contribution in [3.05, 3.63) is 54.0 Å². The molecule has 0 saturated heterocycles. The lowest BCUT2D eigenvalue weighted by Crippen LogP contribution is -2.35. The first kappa shape index (κ1) is 14.7. The number of nitrogens with zero attached hydrogens (tertiary/aromatic N) is 2. The van der Waals surface area contributed by atoms with Crippen LogP contribution in [0.4, 0.5) is 5.69 Å². The number of H-pyrrole nitrogens is 1. The van der Waals surface area contributed by atoms with Crippen molar-refractivity contribution in [2.75, 3.05) is 5.32 Å². The van der Waals surface area contributed by atoms with Crippen LogP contribution in [0, 0.1) is 6.92 Å². The molecule has 3 aromatic rings. The number of nitrogens with one attached hydrogen (secondary N) is 3. The summed E-state index contributed by atoms with van der Waals surface area (Å²) in [6, 6.07) is 9.10. The van der Waals surface area contributed by atoms with Crippen molar-refractivity contribution in [2.45, 2.75) is 13.5 Å². The molecule has 7 nitrogen and oxygen atoms in total. The van der Waals surface area contributed by atoms with Crippen molar-refractivity contribution in [1.82, 2.24) is 20.5 Å². The van der Waals surface area contributed by atoms with Gasteiger partial charge in [0.1, 0.15) is 0 Å². The monoisotopic (exact) mass is 309 g/mol. The SMILES string of the molecule is Cc1[nH]ncc1CNC(=O)C(=O)Nc1cccc2cccnc12. The molecule has 0 spiro atoms. The van der Waals surface area contributed by atoms with Crippen LogP contribution in [0.1, 0.15) is 11.3 Å². The van der Waals surface area contributed by atoms with Gasteiger partial charge in [-0.1, -0.05) is 18.2 Å². The number of amides is 2. The highest BCUT2D eigenvalue weighted by Crippen LogP contribution is 2.20. The van der Waals surface area contributed by atoms with Gasteiger partial charge in [-0.05, 0) is 19.1 Å². The van der Waals surface area contributed by atoms with Crippen LogP contribution in [0.25, 0.3) is 10.9 Å². The van der Waals surface area contributed by atoms with E-state index in [2.05, 4.69) is 25.8 Å². The third kappa shape index (κ3) is 3.18. The first-order valence-electron chi connectivity index (χ1n) is 7.07. The molecule has 0 radical (unpaired) electrons. The van der Waals surface area contributed by atoms with Gasteiger partial charge < -0.3 is 10.6 Å². The molecule has 0 aliphatic heterocycles. The molecule has 0 aliphatic carbocycles. The highest BCUT2D eigenvalue weighted by Gasteiger charge is 2.15. The van der Waals surface area contributed by atoms with Crippen molar-refractivity contribution in [3.63, 3.8) is 0 Å². The number of aryl methyl sites for hydroxylation is 1. The largest absolute Gasteiger partial charge is 0.344 e. The highest BCUT2D eigenvalue weighted by atomic mass is 16.2. The van der Waals surface area contributed by atoms with Crippen LogP contribution in [-0.4, -0.2) is 27.0 Å². The Morgan fingerprint density at radius 1 is 1.17 bits per heavy atom. The number of pyridine rings is 1. The fourth-order valence-electron chi connectivity index (χ4n) is 2.19. The molecule has 0 fully saturated rings. The van der Waals surface area contributed by atoms with Crippen LogP contribution >= 0.6 is 0 Å². The zero-order valence-corrected chi connectivity index (χ0v) is 12.5. The fraction of sp³-hybridized carbons (Fsp3) is 0.125. The second kappa shape index (κ2) is 6.27. The average Bonchev–Trinajstić information content (AvgIpc) is 2.98. The molecule has 2 amide bonds. The van der Waals surface area contributed by atoms with E-state index in [-0.39, 0.29) is 6.54 Å². The lowest BCUT2D eigenvalue weighted by Gasteiger charge is -2.08. The number of hydrogen-bond donors (Lipinski definition) is 3. The lowest BCUT2D eigenvalue weighted by atomic mass is 10.2. The second-order valence-corrected chi connectivity index (χ2v) is 5.04. The van der Waals surface area contributed by atoms with Crippen LogP contribution in [-0.2, 0) is 16.1 Å². The molecule has 2 heterocycles. The van der Waals surface area contributed by atoms with Crippen molar-refractivity contribution in [3.8, 4) is 0 Å². The molecular formula is C16H15N5O2. The summed E-state index contributed by atoms with van der Waals surface area (Å²) in [7, 11) is 0. The van der Waals surface area contributed by atoms with Crippen LogP contribution in [0.2, 0.25) is 0 Å². The molecule has 0 bridgehead atoms. The molecule has 116 valence electrons. The number of carbonyl (C=O) groups excluding carboxylic acids is 2. The van der Waals surface area contributed by atoms with Crippen molar-refractivity contribution in [2.24, 2.45) is 0 Å². The van der Waals surface area contributed by atoms with Crippen molar-refractivity contribution >= 4 is 28.4 Å². The molecule has 0 unspecified atom stereocenters. The Bertz CT molecular complexity index is 866. The summed E-state index contributed by atoms with van der Waals surface area (Å²) < 4.78 is 0. The highest BCUT2D eigenvalue weighted by molar-refractivity contribution is 6.40. The summed E-state index contributed by atoms with van der Waals surface area (Å²) >= 11 is 0. The quantitative estimate of drug-likeness (QED) is 0.639. The second-order valence-electron chi connectivity index (χ2n) is 5.04. The van der Waals surface area contributed by atoms with Crippen LogP contribution in [0.5, 0.6) is 0 Å². The number of para-hydroxylation sites is 1. The predicted molar refractivity (Wildman–Crippen MR) is 85.5 cm³/mol. The lowest BCUT2D eigenvalue weighted by molar-refractivity contribution is -0.136. The molecule has 0 atom stereocenters. The van der Waals surface area contributed by atoms with E-state index in [9.17, 15) is 9.59 Å². The van der Waals surface area contributed by atoms with Gasteiger partial charge in [0.15, 0.2) is 0 Å². The third-order valence-electron chi connectivity index (χ3n) is 3.46. The molecule has 3 N–H and O–H groups in total. The normalized spacial score (nSPS) is 10.5. The first-order chi connectivity index (χ1) is 11.1. The number of hydrogen-bond acceptors (Lipinski definition) is 4. The van der Waals surface area contributed by atoms with Gasteiger partial charge in [0.2, 0.25) is 0 Å². The Balaban J connectivity index is 1.68. The average molecular weight is 309 g/mol. The number of aromatic nitrogens is 3. The molecular weight excluding hydrogens is 294 g/mol. The van der Waals surface area contributed by atoms with E-state index in [0.717, 1.165) is 16.6 Å². The van der Waals surface area contributed by atoms with Gasteiger partial charge in [0, 0.05) is 29.4 Å². The number of aromatic amines is 1. The summed E-state index contributed by atoms with van der Waals surface area (Å²) in [5.41, 5.74) is 2.83. The standard InChI is InChI=1S/C16H15N5O2/c1-10-12(9-19-21-10)8-18-15(22)16(23)20-13-6-2-4-11-5-3-7-17-14(11)13/h2-7,9H,8H2,1H3,(H,18,22)(H,19,21)(H,20,23). The zero-order valence-electron chi connectivity index (χ0n) is 12.5. The van der Waals surface area contributed by atoms with Gasteiger partial charge >= 0.3 is 11.8 Å². The predicted octanol–water partition coefficient (Wildman–Crippen LogP) is 1.52. The summed E-state index contributed by atoms with van der Waals surface area (Å²) in [6.45, 7) is 2.08. The van der Waals surface area contributed by atoms with Gasteiger partial charge in [0.05, 0.1) is 17.4 Å². The van der Waals surface area contributed by atoms with E-state index in [1.807, 2.05) is 25.1 Å². The Labute approximate surface area is 132 Å². The van der Waals surface area contributed by atoms with E-state index in [4.69, 9.17) is 0 Å². The van der Waals surface area contributed by atoms with Gasteiger partial charge in [-0.2, -0.15) is 5.10 Å². The van der Waals surface area contributed by atoms with E-state index < -0.39 is 11.8 Å². The van der Waals surface area contributed by atoms with Crippen LogP contribution in [0.15, 0.2) is 42.7 Å². The van der Waals surface area contributed by atoms with E-state index >= 15 is 0 Å². The number of fused-ring (bicyclic) bond motifs is 1. The maximum Gasteiger partial charge on any atom is 0.313 e. The van der Waals surface area contributed by atoms with Crippen LogP contribution in [0.3, 0.4) is 0 Å². The molecule has 1 aromatic carbocycles. The summed E-state index contributed by atoms with van der Waals surface area (Å²) in [5, 5.41) is 12.7. The minimum absolute atomic E-state index is 0.238. The Morgan fingerprint density at radius 2 is 2.00 bits per heavy atom.